The van der Waals surface area contributed by atoms with E-state index in [-0.39, 0.29) is 0 Å². The van der Waals surface area contributed by atoms with Crippen LogP contribution in [0.15, 0.2) is 176 Å². The van der Waals surface area contributed by atoms with Crippen molar-refractivity contribution in [1.29, 1.82) is 0 Å². The van der Waals surface area contributed by atoms with Crippen LogP contribution < -0.4 is 13.7 Å². The van der Waals surface area contributed by atoms with E-state index in [2.05, 4.69) is 214 Å². The van der Waals surface area contributed by atoms with E-state index in [1.54, 1.807) is 46.1 Å². The summed E-state index contributed by atoms with van der Waals surface area (Å²) >= 11 is 5.24. The van der Waals surface area contributed by atoms with Crippen molar-refractivity contribution in [2.75, 3.05) is 0 Å². The van der Waals surface area contributed by atoms with Crippen LogP contribution in [0.25, 0.3) is 127 Å². The highest BCUT2D eigenvalue weighted by atomic mass is 32.1. The minimum Gasteiger partial charge on any atom is -0.237 e. The summed E-state index contributed by atoms with van der Waals surface area (Å²) in [6.07, 6.45) is 12.1. The topological polar surface area (TPSA) is 50.3 Å². The number of hydrogen-bond donors (Lipinski definition) is 0. The molecule has 0 amide bonds. The van der Waals surface area contributed by atoms with Crippen molar-refractivity contribution in [3.63, 3.8) is 0 Å². The molecule has 1 aliphatic rings. The third-order valence-corrected chi connectivity index (χ3v) is 20.2. The number of aromatic nitrogens is 6. The molecule has 412 valence electrons. The van der Waals surface area contributed by atoms with Gasteiger partial charge >= 0.3 is 0 Å². The fourth-order valence-corrected chi connectivity index (χ4v) is 15.9. The molecule has 9 heteroatoms. The Hall–Kier alpha value is -8.34. The average Bonchev–Trinajstić information content (AvgIpc) is 2.35. The van der Waals surface area contributed by atoms with E-state index in [0.717, 1.165) is 95.3 Å². The summed E-state index contributed by atoms with van der Waals surface area (Å²) in [4.78, 5) is 18.1. The number of benzene rings is 6. The lowest BCUT2D eigenvalue weighted by Gasteiger charge is -2.22. The third-order valence-electron chi connectivity index (χ3n) is 17.1. The Morgan fingerprint density at radius 3 is 1.24 bits per heavy atom. The van der Waals surface area contributed by atoms with Gasteiger partial charge in [-0.2, -0.15) is 13.7 Å². The van der Waals surface area contributed by atoms with E-state index in [4.69, 9.17) is 20.4 Å². The molecule has 6 nitrogen and oxygen atoms in total. The molecule has 0 spiro atoms. The lowest BCUT2D eigenvalue weighted by atomic mass is 9.84. The summed E-state index contributed by atoms with van der Waals surface area (Å²) < 4.78 is 42.3. The first-order valence-electron chi connectivity index (χ1n) is 31.0. The average molecular weight is 1150 g/mol. The summed E-state index contributed by atoms with van der Waals surface area (Å²) in [5, 5.41) is 10.9. The Labute approximate surface area is 508 Å². The van der Waals surface area contributed by atoms with Gasteiger partial charge in [-0.05, 0) is 148 Å². The van der Waals surface area contributed by atoms with Gasteiger partial charge in [-0.25, -0.2) is 15.0 Å². The highest BCUT2D eigenvalue weighted by molar-refractivity contribution is 7.26. The van der Waals surface area contributed by atoms with Crippen LogP contribution in [0.3, 0.4) is 0 Å². The third kappa shape index (κ3) is 9.95. The van der Waals surface area contributed by atoms with Gasteiger partial charge in [0.1, 0.15) is 49.7 Å². The number of hydrogen-bond acceptors (Lipinski definition) is 6. The number of aryl methyl sites for hydroxylation is 9. The molecule has 15 aromatic rings. The van der Waals surface area contributed by atoms with Crippen LogP contribution in [0.5, 0.6) is 0 Å². The minimum absolute atomic E-state index is 0.374. The first kappa shape index (κ1) is 49.1. The highest BCUT2D eigenvalue weighted by Gasteiger charge is 2.23. The van der Waals surface area contributed by atoms with Crippen molar-refractivity contribution < 1.29 is 19.2 Å². The van der Waals surface area contributed by atoms with Crippen LogP contribution >= 0.6 is 34.0 Å². The van der Waals surface area contributed by atoms with E-state index in [0.29, 0.717) is 5.56 Å². The van der Waals surface area contributed by atoms with Crippen LogP contribution in [0.2, 0.25) is 0 Å². The predicted octanol–water partition coefficient (Wildman–Crippen LogP) is 19.2. The van der Waals surface area contributed by atoms with Gasteiger partial charge in [0, 0.05) is 88.8 Å². The first-order chi connectivity index (χ1) is 42.3. The standard InChI is InChI=1S/C28H27N2S.C24H21N2S.C23H19N2S/c1-18-8-6-7-11-22(18)26-16-23-24-14-21-13-12-20(19-9-4-3-5-10-19)15-25(21)29-28(24)31-27(23)17-30(26)2;1-14-6-8-18(16(3)9-14)22-12-19-20-11-17-7-5-15(2)10-21(17)25-24(20)27-23(19)13-26(22)4;1-14-8-9-16-11-19-18-12-21(17-7-5-4-6-15(17)2)25(3)13-22(18)26-23(19)24-20(16)10-14/h6-8,11-17,19H,3-5,9-10H2,1-2H3;5-13H,1-4H3;4-13H,1-3H3/q3*+1/i19D;1D3;. The molecule has 84 heavy (non-hydrogen) atoms. The van der Waals surface area contributed by atoms with Gasteiger partial charge in [0.05, 0.1) is 16.6 Å². The Morgan fingerprint density at radius 2 is 0.810 bits per heavy atom. The zero-order valence-electron chi connectivity index (χ0n) is 52.7. The highest BCUT2D eigenvalue weighted by Crippen LogP contribution is 2.41. The number of nitrogens with zero attached hydrogens (tertiary/aromatic N) is 6. The molecule has 0 unspecified atom stereocenters. The molecular weight excluding hydrogens is 1080 g/mol. The maximum atomic E-state index is 9.01. The smallest absolute Gasteiger partial charge is 0.213 e. The lowest BCUT2D eigenvalue weighted by Crippen LogP contribution is -2.30. The van der Waals surface area contributed by atoms with Crippen molar-refractivity contribution in [3.8, 4) is 33.8 Å². The van der Waals surface area contributed by atoms with Crippen LogP contribution in [-0.4, -0.2) is 15.0 Å². The van der Waals surface area contributed by atoms with Gasteiger partial charge in [-0.1, -0.05) is 110 Å². The molecule has 0 bridgehead atoms. The van der Waals surface area contributed by atoms with E-state index >= 15 is 0 Å². The molecule has 1 aliphatic carbocycles. The van der Waals surface area contributed by atoms with Crippen LogP contribution in [0.4, 0.5) is 0 Å². The van der Waals surface area contributed by atoms with E-state index < -0.39 is 12.7 Å². The number of fused-ring (bicyclic) bond motifs is 12. The second-order valence-electron chi connectivity index (χ2n) is 23.1. The fourth-order valence-electron chi connectivity index (χ4n) is 12.5. The van der Waals surface area contributed by atoms with E-state index in [1.807, 2.05) is 20.0 Å². The van der Waals surface area contributed by atoms with Crippen molar-refractivity contribution in [2.24, 2.45) is 21.1 Å². The van der Waals surface area contributed by atoms with Gasteiger partial charge in [-0.15, -0.1) is 34.0 Å². The van der Waals surface area contributed by atoms with Crippen LogP contribution in [-0.2, 0) is 21.1 Å². The monoisotopic (exact) mass is 1150 g/mol. The quantitative estimate of drug-likeness (QED) is 0.165. The molecule has 6 aromatic carbocycles. The molecule has 1 fully saturated rings. The number of rotatable bonds is 4. The van der Waals surface area contributed by atoms with Gasteiger partial charge in [0.15, 0.2) is 18.6 Å². The Morgan fingerprint density at radius 1 is 0.405 bits per heavy atom. The van der Waals surface area contributed by atoms with Gasteiger partial charge < -0.3 is 0 Å². The molecule has 0 radical (unpaired) electrons. The number of pyridine rings is 6. The second kappa shape index (κ2) is 21.7. The molecule has 1 saturated carbocycles. The van der Waals surface area contributed by atoms with Gasteiger partial charge in [-0.3, -0.25) is 0 Å². The lowest BCUT2D eigenvalue weighted by molar-refractivity contribution is -0.659. The van der Waals surface area contributed by atoms with Crippen molar-refractivity contribution >= 4 is 128 Å². The molecule has 0 saturated heterocycles. The fraction of sp³-hybridized carbons (Fsp3) is 0.200. The number of thiophene rings is 3. The molecule has 0 atom stereocenters. The molecule has 16 rings (SSSR count). The van der Waals surface area contributed by atoms with Crippen molar-refractivity contribution in [1.82, 2.24) is 15.0 Å². The summed E-state index contributed by atoms with van der Waals surface area (Å²) in [6.45, 7) is 8.42. The summed E-state index contributed by atoms with van der Waals surface area (Å²) in [5.41, 5.74) is 17.7. The molecule has 9 heterocycles. The molecule has 9 aromatic heterocycles. The molecular formula is C75H67N6S3+3. The predicted molar refractivity (Wildman–Crippen MR) is 358 cm³/mol. The van der Waals surface area contributed by atoms with Gasteiger partial charge in [0.25, 0.3) is 0 Å². The zero-order valence-corrected chi connectivity index (χ0v) is 51.1. The Bertz CT molecular complexity index is 5320. The van der Waals surface area contributed by atoms with E-state index in [9.17, 15) is 0 Å². The van der Waals surface area contributed by atoms with Crippen LogP contribution in [0, 0.1) is 41.5 Å². The molecule has 0 aliphatic heterocycles. The van der Waals surface area contributed by atoms with E-state index in [1.165, 1.54) is 97.6 Å². The zero-order chi connectivity index (χ0) is 60.9. The van der Waals surface area contributed by atoms with Crippen molar-refractivity contribution in [3.05, 3.63) is 215 Å². The largest absolute Gasteiger partial charge is 0.237 e. The summed E-state index contributed by atoms with van der Waals surface area (Å²) in [7, 11) is 6.28. The maximum Gasteiger partial charge on any atom is 0.213 e. The SMILES string of the molecule is Cc1ccc2cc3c(nc2c1)sc1c[n+](C)c(-c2ccccc2C)cc13.[2H]C([2H])([2H])c1ccc(-c2cc3c(c[n+]2C)sc2nc4cc(C)ccc4cc23)c(C)c1.[2H]C1(c2ccc3cc4c(nc3c2)sc2c[n+](C)c(-c3ccccc3C)cc24)CCCCC1. The summed E-state index contributed by atoms with van der Waals surface area (Å²) in [6, 6.07) is 55.6. The summed E-state index contributed by atoms with van der Waals surface area (Å²) in [5.74, 6) is -0.445. The normalized spacial score (nSPS) is 14.2. The molecule has 0 N–H and O–H groups in total. The second-order valence-corrected chi connectivity index (χ2v) is 26.2. The van der Waals surface area contributed by atoms with Crippen molar-refractivity contribution in [2.45, 2.75) is 79.5 Å². The maximum absolute atomic E-state index is 9.01. The minimum atomic E-state index is -2.09. The Balaban J connectivity index is 0.000000117. The Kier molecular flexibility index (Phi) is 12.7. The first-order valence-corrected chi connectivity index (χ1v) is 31.4. The van der Waals surface area contributed by atoms with Crippen LogP contribution in [0.1, 0.15) is 82.4 Å². The van der Waals surface area contributed by atoms with Gasteiger partial charge in [0.2, 0.25) is 17.1 Å².